The largest absolute Gasteiger partial charge is 0.489 e. The van der Waals surface area contributed by atoms with Gasteiger partial charge in [-0.15, -0.1) is 24.0 Å². The Bertz CT molecular complexity index is 687. The Balaban J connectivity index is 0.00000364. The lowest BCUT2D eigenvalue weighted by Crippen LogP contribution is -2.40. The molecule has 0 spiro atoms. The molecule has 0 saturated carbocycles. The van der Waals surface area contributed by atoms with Gasteiger partial charge in [-0.2, -0.15) is 5.10 Å². The van der Waals surface area contributed by atoms with Gasteiger partial charge in [0.2, 0.25) is 0 Å². The molecule has 0 fully saturated rings. The second kappa shape index (κ2) is 13.2. The van der Waals surface area contributed by atoms with E-state index in [9.17, 15) is 0 Å². The lowest BCUT2D eigenvalue weighted by atomic mass is 10.2. The molecule has 1 aromatic heterocycles. The lowest BCUT2D eigenvalue weighted by molar-refractivity contribution is 0.359. The molecule has 6 nitrogen and oxygen atoms in total. The molecule has 27 heavy (non-hydrogen) atoms. The van der Waals surface area contributed by atoms with E-state index in [0.29, 0.717) is 19.1 Å². The summed E-state index contributed by atoms with van der Waals surface area (Å²) >= 11 is 0. The highest BCUT2D eigenvalue weighted by Gasteiger charge is 2.06. The third kappa shape index (κ3) is 8.47. The second-order valence-corrected chi connectivity index (χ2v) is 6.12. The summed E-state index contributed by atoms with van der Waals surface area (Å²) in [4.78, 5) is 4.69. The number of halogens is 1. The third-order valence-corrected chi connectivity index (χ3v) is 3.76. The Labute approximate surface area is 179 Å². The fraction of sp³-hybridized carbons (Fsp3) is 0.400. The lowest BCUT2D eigenvalue weighted by Gasteiger charge is -2.16. The van der Waals surface area contributed by atoms with E-state index in [-0.39, 0.29) is 24.0 Å². The average Bonchev–Trinajstić information content (AvgIpc) is 3.16. The van der Waals surface area contributed by atoms with E-state index in [1.165, 1.54) is 0 Å². The molecule has 0 aliphatic heterocycles. The van der Waals surface area contributed by atoms with Crippen LogP contribution in [0.1, 0.15) is 19.4 Å². The molecule has 0 aliphatic carbocycles. The fourth-order valence-electron chi connectivity index (χ4n) is 2.49. The number of benzene rings is 1. The van der Waals surface area contributed by atoms with Gasteiger partial charge in [-0.05, 0) is 25.0 Å². The first-order valence-electron chi connectivity index (χ1n) is 9.04. The molecular weight excluding hydrogens is 453 g/mol. The molecule has 1 unspecified atom stereocenters. The summed E-state index contributed by atoms with van der Waals surface area (Å²) < 4.78 is 7.65. The first-order valence-corrected chi connectivity index (χ1v) is 9.04. The molecule has 148 valence electrons. The van der Waals surface area contributed by atoms with Gasteiger partial charge in [-0.25, -0.2) is 4.99 Å². The van der Waals surface area contributed by atoms with Crippen molar-refractivity contribution in [2.45, 2.75) is 26.9 Å². The van der Waals surface area contributed by atoms with Crippen molar-refractivity contribution in [3.8, 4) is 5.75 Å². The van der Waals surface area contributed by atoms with Crippen LogP contribution in [0.15, 0.2) is 60.4 Å². The Morgan fingerprint density at radius 2 is 2.15 bits per heavy atom. The van der Waals surface area contributed by atoms with Crippen LogP contribution in [0.2, 0.25) is 0 Å². The van der Waals surface area contributed by atoms with Crippen LogP contribution in [0, 0.1) is 5.92 Å². The normalized spacial score (nSPS) is 12.0. The number of nitrogens with zero attached hydrogens (tertiary/aromatic N) is 3. The van der Waals surface area contributed by atoms with E-state index >= 15 is 0 Å². The van der Waals surface area contributed by atoms with Crippen molar-refractivity contribution in [3.63, 3.8) is 0 Å². The van der Waals surface area contributed by atoms with Gasteiger partial charge in [0.15, 0.2) is 5.96 Å². The maximum absolute atomic E-state index is 5.70. The molecule has 1 atom stereocenters. The number of nitrogens with one attached hydrogen (secondary N) is 2. The average molecular weight is 483 g/mol. The monoisotopic (exact) mass is 483 g/mol. The number of hydrogen-bond acceptors (Lipinski definition) is 3. The minimum absolute atomic E-state index is 0. The molecule has 0 aliphatic rings. The highest BCUT2D eigenvalue weighted by Crippen LogP contribution is 2.18. The number of ether oxygens (including phenoxy) is 1. The van der Waals surface area contributed by atoms with Crippen molar-refractivity contribution in [1.82, 2.24) is 20.4 Å². The van der Waals surface area contributed by atoms with E-state index in [0.717, 1.165) is 36.9 Å². The quantitative estimate of drug-likeness (QED) is 0.235. The molecular formula is C20H30IN5O. The molecule has 0 amide bonds. The molecule has 0 radical (unpaired) electrons. The number of rotatable bonds is 10. The van der Waals surface area contributed by atoms with Crippen molar-refractivity contribution in [3.05, 3.63) is 60.9 Å². The van der Waals surface area contributed by atoms with E-state index < -0.39 is 0 Å². The molecule has 0 bridgehead atoms. The molecule has 7 heteroatoms. The van der Waals surface area contributed by atoms with Crippen molar-refractivity contribution in [2.75, 3.05) is 19.7 Å². The Morgan fingerprint density at radius 3 is 2.85 bits per heavy atom. The number of aliphatic imine (C=N–C) groups is 1. The van der Waals surface area contributed by atoms with Crippen LogP contribution in [-0.4, -0.2) is 35.4 Å². The van der Waals surface area contributed by atoms with Crippen LogP contribution < -0.4 is 15.4 Å². The first kappa shape index (κ1) is 23.0. The standard InChI is InChI=1S/C20H29N5O.HI/c1-4-13-26-19-10-7-6-9-18(19)15-23-20(21-5-2)22-14-17(3)16-25-12-8-11-24-25;/h4,6-12,17H,1,5,13-16H2,2-3H3,(H2,21,22,23);1H. The third-order valence-electron chi connectivity index (χ3n) is 3.76. The molecule has 0 saturated heterocycles. The first-order chi connectivity index (χ1) is 12.7. The predicted molar refractivity (Wildman–Crippen MR) is 122 cm³/mol. The summed E-state index contributed by atoms with van der Waals surface area (Å²) in [6.07, 6.45) is 5.53. The van der Waals surface area contributed by atoms with Crippen molar-refractivity contribution < 1.29 is 4.74 Å². The fourth-order valence-corrected chi connectivity index (χ4v) is 2.49. The Morgan fingerprint density at radius 1 is 1.33 bits per heavy atom. The van der Waals surface area contributed by atoms with Gasteiger partial charge >= 0.3 is 0 Å². The summed E-state index contributed by atoms with van der Waals surface area (Å²) in [5.74, 6) is 2.08. The molecule has 2 N–H and O–H groups in total. The summed E-state index contributed by atoms with van der Waals surface area (Å²) in [7, 11) is 0. The summed E-state index contributed by atoms with van der Waals surface area (Å²) in [6.45, 7) is 11.5. The van der Waals surface area contributed by atoms with Crippen LogP contribution in [0.4, 0.5) is 0 Å². The molecule has 2 rings (SSSR count). The van der Waals surface area contributed by atoms with E-state index in [1.54, 1.807) is 12.3 Å². The van der Waals surface area contributed by atoms with Crippen molar-refractivity contribution >= 4 is 29.9 Å². The van der Waals surface area contributed by atoms with Gasteiger partial charge in [-0.1, -0.05) is 37.8 Å². The highest BCUT2D eigenvalue weighted by atomic mass is 127. The zero-order chi connectivity index (χ0) is 18.6. The van der Waals surface area contributed by atoms with Crippen LogP contribution in [-0.2, 0) is 13.1 Å². The molecule has 1 heterocycles. The van der Waals surface area contributed by atoms with Crippen LogP contribution in [0.5, 0.6) is 5.75 Å². The maximum atomic E-state index is 5.70. The molecule has 1 aromatic carbocycles. The summed E-state index contributed by atoms with van der Waals surface area (Å²) in [5, 5.41) is 10.9. The van der Waals surface area contributed by atoms with Crippen LogP contribution >= 0.6 is 24.0 Å². The predicted octanol–water partition coefficient (Wildman–Crippen LogP) is 3.46. The second-order valence-electron chi connectivity index (χ2n) is 6.12. The van der Waals surface area contributed by atoms with Gasteiger partial charge in [0.05, 0.1) is 6.54 Å². The van der Waals surface area contributed by atoms with Gasteiger partial charge in [0.25, 0.3) is 0 Å². The number of hydrogen-bond donors (Lipinski definition) is 2. The van der Waals surface area contributed by atoms with Gasteiger partial charge in [0, 0.05) is 37.6 Å². The van der Waals surface area contributed by atoms with Crippen LogP contribution in [0.25, 0.3) is 0 Å². The smallest absolute Gasteiger partial charge is 0.191 e. The number of aromatic nitrogens is 2. The minimum Gasteiger partial charge on any atom is -0.489 e. The topological polar surface area (TPSA) is 63.5 Å². The van der Waals surface area contributed by atoms with Gasteiger partial charge in [0.1, 0.15) is 12.4 Å². The van der Waals surface area contributed by atoms with Crippen molar-refractivity contribution in [1.29, 1.82) is 0 Å². The van der Waals surface area contributed by atoms with E-state index in [1.807, 2.05) is 41.2 Å². The van der Waals surface area contributed by atoms with E-state index in [2.05, 4.69) is 41.2 Å². The highest BCUT2D eigenvalue weighted by molar-refractivity contribution is 14.0. The Kier molecular flexibility index (Phi) is 11.2. The molecule has 2 aromatic rings. The van der Waals surface area contributed by atoms with E-state index in [4.69, 9.17) is 4.74 Å². The zero-order valence-electron chi connectivity index (χ0n) is 16.1. The van der Waals surface area contributed by atoms with Crippen LogP contribution in [0.3, 0.4) is 0 Å². The SMILES string of the molecule is C=CCOc1ccccc1CN=C(NCC)NCC(C)Cn1cccn1.I. The number of guanidine groups is 1. The minimum atomic E-state index is 0. The summed E-state index contributed by atoms with van der Waals surface area (Å²) in [6, 6.07) is 9.90. The Hall–Kier alpha value is -2.03. The zero-order valence-corrected chi connectivity index (χ0v) is 18.4. The maximum Gasteiger partial charge on any atom is 0.191 e. The summed E-state index contributed by atoms with van der Waals surface area (Å²) in [5.41, 5.74) is 1.05. The van der Waals surface area contributed by atoms with Gasteiger partial charge in [-0.3, -0.25) is 4.68 Å². The van der Waals surface area contributed by atoms with Gasteiger partial charge < -0.3 is 15.4 Å². The number of para-hydroxylation sites is 1. The van der Waals surface area contributed by atoms with Crippen molar-refractivity contribution in [2.24, 2.45) is 10.9 Å².